The van der Waals surface area contributed by atoms with Crippen molar-refractivity contribution in [3.63, 3.8) is 0 Å². The maximum Gasteiger partial charge on any atom is 0.320 e. The van der Waals surface area contributed by atoms with E-state index in [1.54, 1.807) is 18.2 Å². The van der Waals surface area contributed by atoms with Crippen LogP contribution < -0.4 is 4.73 Å². The number of hydrogen-bond donors (Lipinski definition) is 1. The summed E-state index contributed by atoms with van der Waals surface area (Å²) >= 11 is 0. The van der Waals surface area contributed by atoms with Crippen molar-refractivity contribution in [1.29, 1.82) is 0 Å². The van der Waals surface area contributed by atoms with Gasteiger partial charge in [-0.25, -0.2) is 0 Å². The van der Waals surface area contributed by atoms with Gasteiger partial charge in [-0.05, 0) is 104 Å². The Kier molecular flexibility index (Phi) is 4.83. The Labute approximate surface area is 218 Å². The van der Waals surface area contributed by atoms with Gasteiger partial charge in [0, 0.05) is 42.7 Å². The smallest absolute Gasteiger partial charge is 0.320 e. The number of benzene rings is 1. The van der Waals surface area contributed by atoms with Crippen molar-refractivity contribution < 1.29 is 14.6 Å². The normalized spacial score (nSPS) is 37.7. The fourth-order valence-electron chi connectivity index (χ4n) is 9.92. The van der Waals surface area contributed by atoms with Gasteiger partial charge < -0.3 is 15.2 Å². The molecule has 6 aliphatic rings. The molecule has 1 aromatic heterocycles. The van der Waals surface area contributed by atoms with Crippen LogP contribution >= 0.6 is 12.4 Å². The SMILES string of the molecule is Cl.O=C(c1cccc[n+]1[O-])N1C[C@H]2C[C@@]34CC[C@@H]1[C@@H]2[C@@]31CCN(CC2CC2)[C@@H]4Cc2ccc(O)cc21. The highest BCUT2D eigenvalue weighted by Crippen LogP contribution is 2.75. The lowest BCUT2D eigenvalue weighted by molar-refractivity contribution is -0.608. The van der Waals surface area contributed by atoms with E-state index in [0.29, 0.717) is 23.6 Å². The molecular weight excluding hydrogens is 474 g/mol. The molecule has 8 rings (SSSR count). The van der Waals surface area contributed by atoms with Crippen LogP contribution in [0.1, 0.15) is 60.1 Å². The fraction of sp³-hybridized carbons (Fsp3) is 0.586. The minimum Gasteiger partial charge on any atom is -0.618 e. The number of likely N-dealkylation sites (tertiary alicyclic amines) is 2. The molecule has 0 unspecified atom stereocenters. The summed E-state index contributed by atoms with van der Waals surface area (Å²) < 4.78 is 0.724. The van der Waals surface area contributed by atoms with Crippen LogP contribution in [0.2, 0.25) is 0 Å². The summed E-state index contributed by atoms with van der Waals surface area (Å²) in [5.74, 6) is 2.02. The van der Waals surface area contributed by atoms with Gasteiger partial charge in [0.25, 0.3) is 5.69 Å². The average molecular weight is 508 g/mol. The molecule has 6 atom stereocenters. The third-order valence-electron chi connectivity index (χ3n) is 11.1. The summed E-state index contributed by atoms with van der Waals surface area (Å²) in [5, 5.41) is 23.0. The number of phenolic OH excluding ortho intramolecular Hbond substituents is 1. The molecule has 0 spiro atoms. The molecule has 190 valence electrons. The molecule has 1 aromatic carbocycles. The highest BCUT2D eigenvalue weighted by Gasteiger charge is 2.76. The van der Waals surface area contributed by atoms with Crippen molar-refractivity contribution in [2.45, 2.75) is 62.4 Å². The van der Waals surface area contributed by atoms with Crippen molar-refractivity contribution >= 4 is 18.3 Å². The van der Waals surface area contributed by atoms with Crippen LogP contribution in [-0.4, -0.2) is 52.5 Å². The van der Waals surface area contributed by atoms with Crippen molar-refractivity contribution in [2.24, 2.45) is 23.2 Å². The summed E-state index contributed by atoms with van der Waals surface area (Å²) in [6.07, 6.45) is 9.75. The van der Waals surface area contributed by atoms with Crippen LogP contribution in [0, 0.1) is 28.4 Å². The minimum atomic E-state index is -0.112. The van der Waals surface area contributed by atoms with Gasteiger partial charge in [0.1, 0.15) is 5.75 Å². The molecule has 6 nitrogen and oxygen atoms in total. The highest BCUT2D eigenvalue weighted by atomic mass is 35.5. The minimum absolute atomic E-state index is 0. The molecule has 36 heavy (non-hydrogen) atoms. The molecule has 3 heterocycles. The molecule has 2 saturated heterocycles. The lowest BCUT2D eigenvalue weighted by atomic mass is 9.43. The summed E-state index contributed by atoms with van der Waals surface area (Å²) in [7, 11) is 0. The number of aromatic nitrogens is 1. The van der Waals surface area contributed by atoms with E-state index in [2.05, 4.69) is 21.9 Å². The van der Waals surface area contributed by atoms with Gasteiger partial charge in [-0.15, -0.1) is 12.4 Å². The maximum atomic E-state index is 13.7. The lowest BCUT2D eigenvalue weighted by Crippen LogP contribution is -2.70. The summed E-state index contributed by atoms with van der Waals surface area (Å²) in [6, 6.07) is 12.0. The predicted molar refractivity (Wildman–Crippen MR) is 137 cm³/mol. The van der Waals surface area contributed by atoms with Crippen LogP contribution in [-0.2, 0) is 11.8 Å². The number of fused-ring (bicyclic) bond motifs is 1. The molecule has 1 N–H and O–H groups in total. The van der Waals surface area contributed by atoms with E-state index in [4.69, 9.17) is 0 Å². The molecule has 2 aliphatic heterocycles. The van der Waals surface area contributed by atoms with Crippen molar-refractivity contribution in [1.82, 2.24) is 9.80 Å². The van der Waals surface area contributed by atoms with E-state index in [-0.39, 0.29) is 40.9 Å². The number of amides is 1. The second kappa shape index (κ2) is 7.61. The first-order valence-electron chi connectivity index (χ1n) is 13.6. The van der Waals surface area contributed by atoms with E-state index < -0.39 is 0 Å². The number of hydrogen-bond acceptors (Lipinski definition) is 4. The van der Waals surface area contributed by atoms with E-state index in [1.807, 2.05) is 6.07 Å². The first-order chi connectivity index (χ1) is 17.0. The number of carbonyl (C=O) groups is 1. The third-order valence-corrected chi connectivity index (χ3v) is 11.1. The molecule has 1 amide bonds. The zero-order valence-corrected chi connectivity index (χ0v) is 21.3. The van der Waals surface area contributed by atoms with E-state index in [0.717, 1.165) is 49.4 Å². The summed E-state index contributed by atoms with van der Waals surface area (Å²) in [6.45, 7) is 3.13. The molecule has 5 fully saturated rings. The Bertz CT molecular complexity index is 1250. The van der Waals surface area contributed by atoms with Gasteiger partial charge in [0.15, 0.2) is 6.20 Å². The molecular formula is C29H34ClN3O3. The first-order valence-corrected chi connectivity index (χ1v) is 13.6. The van der Waals surface area contributed by atoms with E-state index in [1.165, 1.54) is 43.1 Å². The molecule has 4 aliphatic carbocycles. The number of rotatable bonds is 3. The fourth-order valence-corrected chi connectivity index (χ4v) is 9.92. The molecule has 3 saturated carbocycles. The second-order valence-electron chi connectivity index (χ2n) is 12.3. The zero-order chi connectivity index (χ0) is 23.5. The van der Waals surface area contributed by atoms with Gasteiger partial charge in [-0.3, -0.25) is 9.69 Å². The standard InChI is InChI=1S/C29H33N3O3.ClH/c33-21-7-6-19-13-25-28-9-8-23-26(29(28,22(19)14-21)10-12-30(25)16-18-4-5-18)20(15-28)17-31(23)27(34)24-3-1-2-11-32(24)35;/h1-3,6-7,11,14,18,20,23,25-26,33H,4-5,8-10,12-13,15-17H2;1H/t20-,23-,25-,26-,28-,29+;/m1./s1. The molecule has 2 aromatic rings. The van der Waals surface area contributed by atoms with Gasteiger partial charge in [0.05, 0.1) is 0 Å². The average Bonchev–Trinajstić information content (AvgIpc) is 3.54. The van der Waals surface area contributed by atoms with Crippen molar-refractivity contribution in [2.75, 3.05) is 19.6 Å². The number of nitrogens with zero attached hydrogens (tertiary/aromatic N) is 3. The number of carbonyl (C=O) groups excluding carboxylic acids is 1. The lowest BCUT2D eigenvalue weighted by Gasteiger charge is -2.66. The number of piperidine rings is 1. The maximum absolute atomic E-state index is 13.7. The molecule has 7 heteroatoms. The van der Waals surface area contributed by atoms with Gasteiger partial charge in [0.2, 0.25) is 0 Å². The number of halogens is 1. The second-order valence-corrected chi connectivity index (χ2v) is 12.3. The Balaban J connectivity index is 0.00000220. The van der Waals surface area contributed by atoms with Crippen LogP contribution in [0.4, 0.5) is 0 Å². The topological polar surface area (TPSA) is 70.7 Å². The number of pyridine rings is 1. The predicted octanol–water partition coefficient (Wildman–Crippen LogP) is 3.67. The zero-order valence-electron chi connectivity index (χ0n) is 20.5. The van der Waals surface area contributed by atoms with E-state index >= 15 is 0 Å². The number of phenols is 1. The third kappa shape index (κ3) is 2.72. The van der Waals surface area contributed by atoms with Crippen molar-refractivity contribution in [3.05, 3.63) is 64.6 Å². The first kappa shape index (κ1) is 22.9. The quantitative estimate of drug-likeness (QED) is 0.508. The highest BCUT2D eigenvalue weighted by molar-refractivity contribution is 5.91. The Hall–Kier alpha value is -2.31. The Morgan fingerprint density at radius 3 is 2.83 bits per heavy atom. The Morgan fingerprint density at radius 1 is 1.17 bits per heavy atom. The van der Waals surface area contributed by atoms with Crippen molar-refractivity contribution in [3.8, 4) is 5.75 Å². The summed E-state index contributed by atoms with van der Waals surface area (Å²) in [4.78, 5) is 18.6. The van der Waals surface area contributed by atoms with Crippen LogP contribution in [0.15, 0.2) is 42.6 Å². The summed E-state index contributed by atoms with van der Waals surface area (Å²) in [5.41, 5.74) is 3.30. The Morgan fingerprint density at radius 2 is 2.03 bits per heavy atom. The van der Waals surface area contributed by atoms with E-state index in [9.17, 15) is 15.1 Å². The van der Waals surface area contributed by atoms with Gasteiger partial charge in [-0.2, -0.15) is 4.73 Å². The molecule has 4 bridgehead atoms. The number of aromatic hydroxyl groups is 1. The van der Waals surface area contributed by atoms with Crippen LogP contribution in [0.25, 0.3) is 0 Å². The largest absolute Gasteiger partial charge is 0.618 e. The van der Waals surface area contributed by atoms with Gasteiger partial charge in [-0.1, -0.05) is 6.07 Å². The monoisotopic (exact) mass is 507 g/mol. The molecule has 0 radical (unpaired) electrons. The van der Waals surface area contributed by atoms with Crippen LogP contribution in [0.5, 0.6) is 5.75 Å². The van der Waals surface area contributed by atoms with Crippen LogP contribution in [0.3, 0.4) is 0 Å². The van der Waals surface area contributed by atoms with Gasteiger partial charge >= 0.3 is 5.91 Å².